The number of amidine groups is 1. The average molecular weight is 602 g/mol. The Labute approximate surface area is 249 Å². The summed E-state index contributed by atoms with van der Waals surface area (Å²) in [5.41, 5.74) is 9.64. The molecule has 41 heavy (non-hydrogen) atoms. The van der Waals surface area contributed by atoms with E-state index in [0.29, 0.717) is 28.4 Å². The van der Waals surface area contributed by atoms with E-state index in [4.69, 9.17) is 37.4 Å². The number of hydrogen-bond donors (Lipinski definition) is 5. The summed E-state index contributed by atoms with van der Waals surface area (Å²) in [6.07, 6.45) is 2.82. The molecule has 3 aromatic rings. The molecule has 0 aromatic heterocycles. The van der Waals surface area contributed by atoms with Crippen molar-refractivity contribution in [1.29, 1.82) is 5.41 Å². The molecule has 0 heterocycles. The van der Waals surface area contributed by atoms with E-state index in [1.807, 2.05) is 49.7 Å². The number of nitrogens with one attached hydrogen (secondary N) is 3. The van der Waals surface area contributed by atoms with E-state index in [1.54, 1.807) is 37.2 Å². The standard InChI is InChI=1S/C15H14ClNOS.C12H18N4O2.C2H4O2/c1-19-17(10-12-5-3-2-4-6-12)15-8-13(11-18)7-14(16)9-15;1-15-6-9-4-3-8(12(13)14)5-10(9)18-7-11(17)16-2;1-2(3)4/h2-9,11H,10H2,1H3;3-5,15H,6-7H2,1-2H3,(H3,13,14)(H,16,17);1H3,(H,3,4). The lowest BCUT2D eigenvalue weighted by atomic mass is 10.1. The molecular weight excluding hydrogens is 566 g/mol. The third-order valence-corrected chi connectivity index (χ3v) is 6.10. The largest absolute Gasteiger partial charge is 0.483 e. The Kier molecular flexibility index (Phi) is 16.3. The topological polar surface area (TPSA) is 158 Å². The fraction of sp³-hybridized carbons (Fsp3) is 0.241. The molecule has 0 aliphatic rings. The highest BCUT2D eigenvalue weighted by Crippen LogP contribution is 2.27. The summed E-state index contributed by atoms with van der Waals surface area (Å²) in [6, 6.07) is 20.8. The number of anilines is 1. The molecule has 0 unspecified atom stereocenters. The summed E-state index contributed by atoms with van der Waals surface area (Å²) in [5, 5.41) is 20.9. The number of carboxylic acid groups (broad SMARTS) is 1. The molecule has 0 radical (unpaired) electrons. The minimum absolute atomic E-state index is 0.0317. The second-order valence-electron chi connectivity index (χ2n) is 8.31. The highest BCUT2D eigenvalue weighted by molar-refractivity contribution is 7.99. The maximum absolute atomic E-state index is 11.2. The molecule has 0 aliphatic carbocycles. The van der Waals surface area contributed by atoms with Crippen LogP contribution < -0.4 is 25.4 Å². The van der Waals surface area contributed by atoms with Crippen molar-refractivity contribution in [1.82, 2.24) is 10.6 Å². The van der Waals surface area contributed by atoms with Gasteiger partial charge in [0, 0.05) is 54.2 Å². The minimum atomic E-state index is -0.833. The summed E-state index contributed by atoms with van der Waals surface area (Å²) < 4.78 is 7.53. The first-order valence-electron chi connectivity index (χ1n) is 12.3. The van der Waals surface area contributed by atoms with E-state index >= 15 is 0 Å². The van der Waals surface area contributed by atoms with Gasteiger partial charge in [-0.15, -0.1) is 0 Å². The van der Waals surface area contributed by atoms with Gasteiger partial charge in [0.2, 0.25) is 0 Å². The first-order chi connectivity index (χ1) is 19.5. The van der Waals surface area contributed by atoms with Crippen LogP contribution in [-0.2, 0) is 22.7 Å². The summed E-state index contributed by atoms with van der Waals surface area (Å²) >= 11 is 7.64. The van der Waals surface area contributed by atoms with Crippen LogP contribution in [0.3, 0.4) is 0 Å². The van der Waals surface area contributed by atoms with Crippen LogP contribution in [-0.4, -0.2) is 56.1 Å². The fourth-order valence-electron chi connectivity index (χ4n) is 3.23. The normalized spacial score (nSPS) is 9.68. The Morgan fingerprint density at radius 3 is 2.32 bits per heavy atom. The van der Waals surface area contributed by atoms with E-state index in [9.17, 15) is 9.59 Å². The predicted molar refractivity (Wildman–Crippen MR) is 166 cm³/mol. The number of amides is 1. The van der Waals surface area contributed by atoms with E-state index < -0.39 is 5.97 Å². The van der Waals surface area contributed by atoms with Gasteiger partial charge >= 0.3 is 0 Å². The van der Waals surface area contributed by atoms with Crippen LogP contribution >= 0.6 is 23.5 Å². The number of benzene rings is 3. The van der Waals surface area contributed by atoms with Gasteiger partial charge in [-0.05, 0) is 36.9 Å². The van der Waals surface area contributed by atoms with Crippen LogP contribution in [0.2, 0.25) is 5.02 Å². The summed E-state index contributed by atoms with van der Waals surface area (Å²) in [6.45, 7) is 2.40. The highest BCUT2D eigenvalue weighted by Gasteiger charge is 2.10. The van der Waals surface area contributed by atoms with Gasteiger partial charge in [-0.3, -0.25) is 19.8 Å². The van der Waals surface area contributed by atoms with Crippen LogP contribution in [0.25, 0.3) is 0 Å². The molecule has 1 amide bonds. The number of nitrogens with two attached hydrogens (primary N) is 1. The zero-order valence-corrected chi connectivity index (χ0v) is 25.0. The molecular formula is C29H36ClN5O5S. The van der Waals surface area contributed by atoms with E-state index in [-0.39, 0.29) is 18.3 Å². The smallest absolute Gasteiger partial charge is 0.300 e. The van der Waals surface area contributed by atoms with Crippen molar-refractivity contribution in [3.8, 4) is 5.75 Å². The fourth-order valence-corrected chi connectivity index (χ4v) is 4.06. The van der Waals surface area contributed by atoms with Gasteiger partial charge in [-0.25, -0.2) is 0 Å². The van der Waals surface area contributed by atoms with Crippen LogP contribution in [0, 0.1) is 5.41 Å². The lowest BCUT2D eigenvalue weighted by molar-refractivity contribution is -0.134. The number of aldehydes is 1. The van der Waals surface area contributed by atoms with Crippen molar-refractivity contribution < 1.29 is 24.2 Å². The average Bonchev–Trinajstić information content (AvgIpc) is 2.95. The number of halogens is 1. The Balaban J connectivity index is 0.000000363. The number of likely N-dealkylation sites (N-methyl/N-ethyl adjacent to an activating group) is 1. The number of ether oxygens (including phenoxy) is 1. The second-order valence-corrected chi connectivity index (χ2v) is 9.56. The van der Waals surface area contributed by atoms with Crippen LogP contribution in [0.15, 0.2) is 66.7 Å². The van der Waals surface area contributed by atoms with Gasteiger partial charge in [0.15, 0.2) is 6.61 Å². The van der Waals surface area contributed by atoms with Gasteiger partial charge < -0.3 is 30.5 Å². The molecule has 0 spiro atoms. The SMILES string of the molecule is CC(=O)O.CNCc1ccc(C(=N)N)cc1OCC(=O)NC.CSN(Cc1ccccc1)c1cc(Cl)cc(C=O)c1. The summed E-state index contributed by atoms with van der Waals surface area (Å²) in [5.74, 6) is -0.518. The molecule has 0 fully saturated rings. The molecule has 12 heteroatoms. The van der Waals surface area contributed by atoms with Crippen molar-refractivity contribution in [2.45, 2.75) is 20.0 Å². The number of hydrogen-bond acceptors (Lipinski definition) is 8. The molecule has 3 aromatic carbocycles. The van der Waals surface area contributed by atoms with Crippen molar-refractivity contribution in [2.24, 2.45) is 5.73 Å². The van der Waals surface area contributed by atoms with E-state index in [0.717, 1.165) is 31.0 Å². The minimum Gasteiger partial charge on any atom is -0.483 e. The number of aliphatic carboxylic acids is 1. The van der Waals surface area contributed by atoms with Crippen LogP contribution in [0.4, 0.5) is 5.69 Å². The number of carboxylic acids is 1. The number of nitrogen functional groups attached to an aromatic ring is 1. The molecule has 0 aliphatic heterocycles. The summed E-state index contributed by atoms with van der Waals surface area (Å²) in [7, 11) is 3.37. The third-order valence-electron chi connectivity index (χ3n) is 5.10. The predicted octanol–water partition coefficient (Wildman–Crippen LogP) is 4.34. The first-order valence-corrected chi connectivity index (χ1v) is 13.9. The lowest BCUT2D eigenvalue weighted by Gasteiger charge is -2.22. The lowest BCUT2D eigenvalue weighted by Crippen LogP contribution is -2.25. The van der Waals surface area contributed by atoms with Crippen molar-refractivity contribution in [3.63, 3.8) is 0 Å². The zero-order chi connectivity index (χ0) is 30.8. The Bertz CT molecular complexity index is 1290. The van der Waals surface area contributed by atoms with Gasteiger partial charge in [0.05, 0.1) is 6.54 Å². The quantitative estimate of drug-likeness (QED) is 0.0932. The Hall–Kier alpha value is -4.06. The molecule has 10 nitrogen and oxygen atoms in total. The molecule has 0 atom stereocenters. The molecule has 6 N–H and O–H groups in total. The molecule has 220 valence electrons. The number of carbonyl (C=O) groups is 3. The number of carbonyl (C=O) groups excluding carboxylic acids is 2. The number of rotatable bonds is 11. The monoisotopic (exact) mass is 601 g/mol. The van der Waals surface area contributed by atoms with E-state index in [2.05, 4.69) is 27.1 Å². The number of nitrogens with zero attached hydrogens (tertiary/aromatic N) is 1. The third kappa shape index (κ3) is 13.7. The Morgan fingerprint density at radius 2 is 1.78 bits per heavy atom. The van der Waals surface area contributed by atoms with Crippen molar-refractivity contribution in [3.05, 3.63) is 94.0 Å². The zero-order valence-electron chi connectivity index (χ0n) is 23.4. The van der Waals surface area contributed by atoms with Gasteiger partial charge in [0.1, 0.15) is 17.9 Å². The van der Waals surface area contributed by atoms with Gasteiger partial charge in [0.25, 0.3) is 11.9 Å². The molecule has 0 saturated heterocycles. The van der Waals surface area contributed by atoms with Crippen LogP contribution in [0.5, 0.6) is 5.75 Å². The molecule has 3 rings (SSSR count). The van der Waals surface area contributed by atoms with Gasteiger partial charge in [-0.1, -0.05) is 66.0 Å². The first kappa shape index (κ1) is 35.0. The Morgan fingerprint density at radius 1 is 1.12 bits per heavy atom. The van der Waals surface area contributed by atoms with Crippen molar-refractivity contribution in [2.75, 3.05) is 31.3 Å². The van der Waals surface area contributed by atoms with Crippen molar-refractivity contribution >= 4 is 53.2 Å². The molecule has 0 bridgehead atoms. The second kappa shape index (κ2) is 19.1. The maximum atomic E-state index is 11.2. The maximum Gasteiger partial charge on any atom is 0.300 e. The van der Waals surface area contributed by atoms with Crippen LogP contribution in [0.1, 0.15) is 34.0 Å². The van der Waals surface area contributed by atoms with E-state index in [1.165, 1.54) is 5.56 Å². The molecule has 0 saturated carbocycles. The highest BCUT2D eigenvalue weighted by atomic mass is 35.5. The van der Waals surface area contributed by atoms with Gasteiger partial charge in [-0.2, -0.15) is 0 Å². The summed E-state index contributed by atoms with van der Waals surface area (Å²) in [4.78, 5) is 31.1.